The number of carbonyl (C=O) groups is 2. The van der Waals surface area contributed by atoms with E-state index in [1.807, 2.05) is 32.0 Å². The van der Waals surface area contributed by atoms with E-state index in [-0.39, 0.29) is 23.3 Å². The minimum Gasteiger partial charge on any atom is -0.383 e. The fourth-order valence-corrected chi connectivity index (χ4v) is 3.09. The van der Waals surface area contributed by atoms with E-state index in [2.05, 4.69) is 15.6 Å². The molecule has 0 saturated heterocycles. The average Bonchev–Trinajstić information content (AvgIpc) is 3.09. The molecule has 2 amide bonds. The molecule has 0 spiro atoms. The molecule has 0 aliphatic carbocycles. The van der Waals surface area contributed by atoms with E-state index in [0.29, 0.717) is 18.7 Å². The number of benzene rings is 1. The number of aromatic nitrogens is 2. The van der Waals surface area contributed by atoms with Gasteiger partial charge in [0.1, 0.15) is 0 Å². The topological polar surface area (TPSA) is 84.7 Å². The number of hydrogen-bond acceptors (Lipinski definition) is 4. The van der Waals surface area contributed by atoms with E-state index in [9.17, 15) is 9.59 Å². The SMILES string of the molecule is CCc1cccc(C)c1NC(=O)c1nc(C(=O)NCCOC)c2ccccn12. The van der Waals surface area contributed by atoms with Crippen molar-refractivity contribution in [3.05, 3.63) is 65.2 Å². The van der Waals surface area contributed by atoms with Gasteiger partial charge in [0.15, 0.2) is 5.69 Å². The van der Waals surface area contributed by atoms with Crippen LogP contribution < -0.4 is 10.6 Å². The second-order valence-corrected chi connectivity index (χ2v) is 6.41. The third kappa shape index (κ3) is 3.89. The number of ether oxygens (including phenoxy) is 1. The van der Waals surface area contributed by atoms with Gasteiger partial charge in [0, 0.05) is 25.5 Å². The van der Waals surface area contributed by atoms with Crippen molar-refractivity contribution in [2.24, 2.45) is 0 Å². The van der Waals surface area contributed by atoms with Crippen molar-refractivity contribution in [1.82, 2.24) is 14.7 Å². The number of hydrogen-bond donors (Lipinski definition) is 2. The van der Waals surface area contributed by atoms with E-state index in [0.717, 1.165) is 23.2 Å². The zero-order valence-electron chi connectivity index (χ0n) is 16.3. The first-order valence-corrected chi connectivity index (χ1v) is 9.20. The Balaban J connectivity index is 1.95. The highest BCUT2D eigenvalue weighted by molar-refractivity contribution is 6.06. The molecule has 3 rings (SSSR count). The molecule has 7 nitrogen and oxygen atoms in total. The average molecular weight is 380 g/mol. The van der Waals surface area contributed by atoms with Crippen LogP contribution in [-0.2, 0) is 11.2 Å². The fraction of sp³-hybridized carbons (Fsp3) is 0.286. The molecule has 2 heterocycles. The summed E-state index contributed by atoms with van der Waals surface area (Å²) >= 11 is 0. The van der Waals surface area contributed by atoms with Crippen LogP contribution in [0.15, 0.2) is 42.6 Å². The van der Waals surface area contributed by atoms with Crippen molar-refractivity contribution in [2.75, 3.05) is 25.6 Å². The molecular formula is C21H24N4O3. The predicted octanol–water partition coefficient (Wildman–Crippen LogP) is 2.83. The molecule has 0 aliphatic heterocycles. The zero-order valence-corrected chi connectivity index (χ0v) is 16.3. The Morgan fingerprint density at radius 1 is 1.14 bits per heavy atom. The maximum absolute atomic E-state index is 13.0. The molecule has 0 aliphatic rings. The van der Waals surface area contributed by atoms with Crippen LogP contribution >= 0.6 is 0 Å². The molecule has 146 valence electrons. The number of nitrogens with zero attached hydrogens (tertiary/aromatic N) is 2. The maximum atomic E-state index is 13.0. The van der Waals surface area contributed by atoms with Crippen LogP contribution in [0.5, 0.6) is 0 Å². The Morgan fingerprint density at radius 3 is 2.71 bits per heavy atom. The molecule has 28 heavy (non-hydrogen) atoms. The van der Waals surface area contributed by atoms with Gasteiger partial charge in [-0.1, -0.05) is 31.2 Å². The monoisotopic (exact) mass is 380 g/mol. The first-order valence-electron chi connectivity index (χ1n) is 9.20. The van der Waals surface area contributed by atoms with Crippen molar-refractivity contribution >= 4 is 23.0 Å². The van der Waals surface area contributed by atoms with Crippen LogP contribution in [0, 0.1) is 6.92 Å². The Bertz CT molecular complexity index is 1010. The number of amides is 2. The maximum Gasteiger partial charge on any atom is 0.292 e. The molecule has 7 heteroatoms. The van der Waals surface area contributed by atoms with Crippen LogP contribution in [0.2, 0.25) is 0 Å². The number of anilines is 1. The molecule has 0 radical (unpaired) electrons. The number of imidazole rings is 1. The Labute approximate surface area is 163 Å². The second kappa shape index (κ2) is 8.67. The lowest BCUT2D eigenvalue weighted by Crippen LogP contribution is -2.27. The predicted molar refractivity (Wildman–Crippen MR) is 108 cm³/mol. The summed E-state index contributed by atoms with van der Waals surface area (Å²) in [6.45, 7) is 4.76. The smallest absolute Gasteiger partial charge is 0.292 e. The molecule has 1 aromatic carbocycles. The first-order chi connectivity index (χ1) is 13.6. The molecule has 0 saturated carbocycles. The summed E-state index contributed by atoms with van der Waals surface area (Å²) in [4.78, 5) is 29.9. The van der Waals surface area contributed by atoms with E-state index >= 15 is 0 Å². The van der Waals surface area contributed by atoms with Gasteiger partial charge in [-0.2, -0.15) is 0 Å². The Morgan fingerprint density at radius 2 is 1.96 bits per heavy atom. The molecule has 0 bridgehead atoms. The quantitative estimate of drug-likeness (QED) is 0.617. The zero-order chi connectivity index (χ0) is 20.1. The summed E-state index contributed by atoms with van der Waals surface area (Å²) in [5.41, 5.74) is 3.59. The second-order valence-electron chi connectivity index (χ2n) is 6.41. The van der Waals surface area contributed by atoms with Crippen molar-refractivity contribution in [3.63, 3.8) is 0 Å². The summed E-state index contributed by atoms with van der Waals surface area (Å²) in [7, 11) is 1.57. The van der Waals surface area contributed by atoms with E-state index in [1.54, 1.807) is 35.9 Å². The van der Waals surface area contributed by atoms with Gasteiger partial charge >= 0.3 is 0 Å². The molecule has 0 fully saturated rings. The lowest BCUT2D eigenvalue weighted by Gasteiger charge is -2.12. The number of methoxy groups -OCH3 is 1. The van der Waals surface area contributed by atoms with Crippen molar-refractivity contribution < 1.29 is 14.3 Å². The Kier molecular flexibility index (Phi) is 6.06. The standard InChI is InChI=1S/C21H24N4O3/c1-4-15-9-7-8-14(2)17(15)24-21(27)19-23-18(20(26)22-11-13-28-3)16-10-5-6-12-25(16)19/h5-10,12H,4,11,13H2,1-3H3,(H,22,26)(H,24,27). The molecule has 0 atom stereocenters. The molecule has 2 aromatic heterocycles. The van der Waals surface area contributed by atoms with E-state index in [4.69, 9.17) is 4.74 Å². The molecule has 2 N–H and O–H groups in total. The number of nitrogens with one attached hydrogen (secondary N) is 2. The van der Waals surface area contributed by atoms with Crippen molar-refractivity contribution in [1.29, 1.82) is 0 Å². The van der Waals surface area contributed by atoms with Crippen LogP contribution in [0.3, 0.4) is 0 Å². The van der Waals surface area contributed by atoms with Gasteiger partial charge < -0.3 is 15.4 Å². The third-order valence-electron chi connectivity index (χ3n) is 4.54. The fourth-order valence-electron chi connectivity index (χ4n) is 3.09. The number of para-hydroxylation sites is 1. The first kappa shape index (κ1) is 19.6. The summed E-state index contributed by atoms with van der Waals surface area (Å²) in [6, 6.07) is 11.3. The summed E-state index contributed by atoms with van der Waals surface area (Å²) in [5, 5.41) is 5.72. The number of aryl methyl sites for hydroxylation is 2. The molecular weight excluding hydrogens is 356 g/mol. The van der Waals surface area contributed by atoms with Gasteiger partial charge in [-0.25, -0.2) is 4.98 Å². The molecule has 3 aromatic rings. The highest BCUT2D eigenvalue weighted by Crippen LogP contribution is 2.22. The number of fused-ring (bicyclic) bond motifs is 1. The Hall–Kier alpha value is -3.19. The number of rotatable bonds is 7. The van der Waals surface area contributed by atoms with Crippen molar-refractivity contribution in [3.8, 4) is 0 Å². The van der Waals surface area contributed by atoms with Gasteiger partial charge in [0.05, 0.1) is 12.1 Å². The summed E-state index contributed by atoms with van der Waals surface area (Å²) in [5.74, 6) is -0.538. The van der Waals surface area contributed by atoms with E-state index < -0.39 is 0 Å². The summed E-state index contributed by atoms with van der Waals surface area (Å²) < 4.78 is 6.58. The van der Waals surface area contributed by atoms with Crippen LogP contribution in [0.25, 0.3) is 5.52 Å². The minimum atomic E-state index is -0.360. The third-order valence-corrected chi connectivity index (χ3v) is 4.54. The number of pyridine rings is 1. The van der Waals surface area contributed by atoms with Gasteiger partial charge in [0.25, 0.3) is 11.8 Å². The normalized spacial score (nSPS) is 10.8. The van der Waals surface area contributed by atoms with Gasteiger partial charge in [-0.05, 0) is 36.6 Å². The van der Waals surface area contributed by atoms with Gasteiger partial charge in [0.2, 0.25) is 5.82 Å². The van der Waals surface area contributed by atoms with Crippen molar-refractivity contribution in [2.45, 2.75) is 20.3 Å². The van der Waals surface area contributed by atoms with E-state index in [1.165, 1.54) is 0 Å². The van der Waals surface area contributed by atoms with Crippen LogP contribution in [0.1, 0.15) is 39.2 Å². The molecule has 0 unspecified atom stereocenters. The largest absolute Gasteiger partial charge is 0.383 e. The summed E-state index contributed by atoms with van der Waals surface area (Å²) in [6.07, 6.45) is 2.52. The lowest BCUT2D eigenvalue weighted by atomic mass is 10.1. The van der Waals surface area contributed by atoms with Gasteiger partial charge in [-0.3, -0.25) is 14.0 Å². The van der Waals surface area contributed by atoms with Crippen LogP contribution in [-0.4, -0.2) is 41.5 Å². The minimum absolute atomic E-state index is 0.165. The highest BCUT2D eigenvalue weighted by atomic mass is 16.5. The van der Waals surface area contributed by atoms with Crippen LogP contribution in [0.4, 0.5) is 5.69 Å². The lowest BCUT2D eigenvalue weighted by molar-refractivity contribution is 0.0934. The van der Waals surface area contributed by atoms with Gasteiger partial charge in [-0.15, -0.1) is 0 Å². The number of carbonyl (C=O) groups excluding carboxylic acids is 2. The highest BCUT2D eigenvalue weighted by Gasteiger charge is 2.22.